The van der Waals surface area contributed by atoms with Crippen LogP contribution in [-0.4, -0.2) is 54.4 Å². The highest BCUT2D eigenvalue weighted by Crippen LogP contribution is 2.47. The maximum atomic E-state index is 13.9. The lowest BCUT2D eigenvalue weighted by molar-refractivity contribution is -0.141. The first-order valence-electron chi connectivity index (χ1n) is 11.2. The van der Waals surface area contributed by atoms with Crippen LogP contribution in [0.3, 0.4) is 0 Å². The van der Waals surface area contributed by atoms with Gasteiger partial charge in [0.05, 0.1) is 42.1 Å². The van der Waals surface area contributed by atoms with E-state index in [1.165, 1.54) is 4.80 Å². The summed E-state index contributed by atoms with van der Waals surface area (Å²) in [6.07, 6.45) is 2.27. The molecule has 2 aliphatic heterocycles. The summed E-state index contributed by atoms with van der Waals surface area (Å²) in [5, 5.41) is 11.5. The van der Waals surface area contributed by atoms with E-state index in [0.29, 0.717) is 29.9 Å². The smallest absolute Gasteiger partial charge is 0.367 e. The monoisotopic (exact) mass is 471 g/mol. The molecule has 3 aromatic rings. The van der Waals surface area contributed by atoms with Crippen LogP contribution in [0.2, 0.25) is 0 Å². The van der Waals surface area contributed by atoms with Crippen LogP contribution < -0.4 is 5.32 Å². The predicted octanol–water partition coefficient (Wildman–Crippen LogP) is 3.74. The van der Waals surface area contributed by atoms with Crippen molar-refractivity contribution in [1.29, 1.82) is 0 Å². The standard InChI is InChI=1S/C23H24F3N7O/c1-13-3-4-18(33-30-5-6-31-33)17(7-13)22(34)32-16-8-15(9-16)14(2)19(32)10-28-21-12-27-20(11-29-21)23(24,25)26/h3-7,11-12,14-16,19H,8-10H2,1-2H3,(H,28,29). The van der Waals surface area contributed by atoms with Gasteiger partial charge < -0.3 is 10.2 Å². The third kappa shape index (κ3) is 3.99. The van der Waals surface area contributed by atoms with Crippen LogP contribution >= 0.6 is 0 Å². The maximum absolute atomic E-state index is 13.9. The van der Waals surface area contributed by atoms with Crippen LogP contribution in [0.15, 0.2) is 43.0 Å². The van der Waals surface area contributed by atoms with Gasteiger partial charge in [-0.25, -0.2) is 9.97 Å². The van der Waals surface area contributed by atoms with Crippen molar-refractivity contribution < 1.29 is 18.0 Å². The lowest BCUT2D eigenvalue weighted by Gasteiger charge is -2.57. The van der Waals surface area contributed by atoms with E-state index in [4.69, 9.17) is 0 Å². The summed E-state index contributed by atoms with van der Waals surface area (Å²) in [6.45, 7) is 4.41. The van der Waals surface area contributed by atoms with Gasteiger partial charge in [-0.1, -0.05) is 18.6 Å². The van der Waals surface area contributed by atoms with Crippen molar-refractivity contribution in [1.82, 2.24) is 29.9 Å². The third-order valence-electron chi connectivity index (χ3n) is 6.94. The van der Waals surface area contributed by atoms with Gasteiger partial charge in [0.15, 0.2) is 5.69 Å². The largest absolute Gasteiger partial charge is 0.434 e. The zero-order chi connectivity index (χ0) is 24.0. The average molecular weight is 471 g/mol. The number of aromatic nitrogens is 5. The molecule has 1 N–H and O–H groups in total. The van der Waals surface area contributed by atoms with Crippen molar-refractivity contribution in [3.63, 3.8) is 0 Å². The van der Waals surface area contributed by atoms with E-state index in [-0.39, 0.29) is 29.7 Å². The number of benzene rings is 1. The molecule has 2 unspecified atom stereocenters. The second-order valence-electron chi connectivity index (χ2n) is 9.03. The second-order valence-corrected chi connectivity index (χ2v) is 9.03. The summed E-state index contributed by atoms with van der Waals surface area (Å²) in [5.74, 6) is 0.879. The zero-order valence-corrected chi connectivity index (χ0v) is 18.7. The predicted molar refractivity (Wildman–Crippen MR) is 117 cm³/mol. The Hall–Kier alpha value is -3.50. The average Bonchev–Trinajstić information content (AvgIpc) is 3.31. The first-order valence-corrected chi connectivity index (χ1v) is 11.2. The molecule has 34 heavy (non-hydrogen) atoms. The van der Waals surface area contributed by atoms with Gasteiger partial charge >= 0.3 is 6.18 Å². The van der Waals surface area contributed by atoms with E-state index >= 15 is 0 Å². The Labute approximate surface area is 194 Å². The number of carbonyl (C=O) groups excluding carboxylic acids is 1. The highest BCUT2D eigenvalue weighted by molar-refractivity contribution is 5.98. The fourth-order valence-electron chi connectivity index (χ4n) is 4.97. The number of nitrogens with one attached hydrogen (secondary N) is 1. The van der Waals surface area contributed by atoms with E-state index in [1.807, 2.05) is 30.0 Å². The minimum atomic E-state index is -4.54. The van der Waals surface area contributed by atoms with Gasteiger partial charge in [0.25, 0.3) is 5.91 Å². The van der Waals surface area contributed by atoms with E-state index in [0.717, 1.165) is 24.6 Å². The van der Waals surface area contributed by atoms with Gasteiger partial charge in [-0.15, -0.1) is 0 Å². The molecule has 11 heteroatoms. The summed E-state index contributed by atoms with van der Waals surface area (Å²) >= 11 is 0. The molecule has 2 atom stereocenters. The lowest BCUT2D eigenvalue weighted by Crippen LogP contribution is -2.64. The minimum absolute atomic E-state index is 0.101. The van der Waals surface area contributed by atoms with Crippen LogP contribution in [-0.2, 0) is 6.18 Å². The molecule has 1 aliphatic carbocycles. The van der Waals surface area contributed by atoms with E-state index in [2.05, 4.69) is 32.4 Å². The number of hydrogen-bond donors (Lipinski definition) is 1. The Morgan fingerprint density at radius 1 is 1.15 bits per heavy atom. The summed E-state index contributed by atoms with van der Waals surface area (Å²) in [6, 6.07) is 5.58. The van der Waals surface area contributed by atoms with Crippen LogP contribution in [0.4, 0.5) is 19.0 Å². The quantitative estimate of drug-likeness (QED) is 0.610. The fourth-order valence-corrected chi connectivity index (χ4v) is 4.97. The van der Waals surface area contributed by atoms with Gasteiger partial charge in [-0.2, -0.15) is 28.2 Å². The molecule has 8 nitrogen and oxygen atoms in total. The number of amides is 1. The molecule has 0 spiro atoms. The normalized spacial score (nSPS) is 24.0. The number of rotatable bonds is 5. The Bertz CT molecular complexity index is 1170. The van der Waals surface area contributed by atoms with E-state index < -0.39 is 11.9 Å². The third-order valence-corrected chi connectivity index (χ3v) is 6.94. The van der Waals surface area contributed by atoms with Gasteiger partial charge in [-0.3, -0.25) is 4.79 Å². The van der Waals surface area contributed by atoms with Gasteiger partial charge in [0.1, 0.15) is 5.82 Å². The van der Waals surface area contributed by atoms with E-state index in [9.17, 15) is 18.0 Å². The number of fused-ring (bicyclic) bond motifs is 2. The number of piperidine rings is 2. The number of nitrogens with zero attached hydrogens (tertiary/aromatic N) is 6. The molecule has 0 radical (unpaired) electrons. The van der Waals surface area contributed by atoms with Crippen LogP contribution in [0.25, 0.3) is 5.69 Å². The van der Waals surface area contributed by atoms with Crippen LogP contribution in [0.1, 0.15) is 41.4 Å². The second kappa shape index (κ2) is 8.37. The molecule has 2 aromatic heterocycles. The van der Waals surface area contributed by atoms with Crippen molar-refractivity contribution in [2.75, 3.05) is 11.9 Å². The highest BCUT2D eigenvalue weighted by atomic mass is 19.4. The molecule has 6 rings (SSSR count). The molecule has 1 saturated carbocycles. The highest BCUT2D eigenvalue weighted by Gasteiger charge is 2.50. The summed E-state index contributed by atoms with van der Waals surface area (Å²) in [4.78, 5) is 24.6. The fraction of sp³-hybridized carbons (Fsp3) is 0.435. The summed E-state index contributed by atoms with van der Waals surface area (Å²) < 4.78 is 38.3. The number of carbonyl (C=O) groups is 1. The first kappa shape index (κ1) is 22.3. The van der Waals surface area contributed by atoms with Gasteiger partial charge in [0.2, 0.25) is 0 Å². The molecule has 2 saturated heterocycles. The molecule has 4 heterocycles. The van der Waals surface area contributed by atoms with Gasteiger partial charge in [0, 0.05) is 12.6 Å². The SMILES string of the molecule is Cc1ccc(-n2nccn2)c(C(=O)N2C3CC(C3)C(C)C2CNc2cnc(C(F)(F)F)cn2)c1. The molecule has 178 valence electrons. The number of alkyl halides is 3. The maximum Gasteiger partial charge on any atom is 0.434 e. The van der Waals surface area contributed by atoms with Crippen LogP contribution in [0, 0.1) is 18.8 Å². The number of hydrogen-bond acceptors (Lipinski definition) is 6. The molecule has 3 aliphatic rings. The Kier molecular flexibility index (Phi) is 5.49. The van der Waals surface area contributed by atoms with E-state index in [1.54, 1.807) is 12.4 Å². The van der Waals surface area contributed by atoms with Crippen molar-refractivity contribution in [3.8, 4) is 5.69 Å². The molecule has 1 aromatic carbocycles. The zero-order valence-electron chi connectivity index (χ0n) is 18.7. The number of anilines is 1. The summed E-state index contributed by atoms with van der Waals surface area (Å²) in [7, 11) is 0. The van der Waals surface area contributed by atoms with Crippen molar-refractivity contribution in [2.24, 2.45) is 11.8 Å². The van der Waals surface area contributed by atoms with Gasteiger partial charge in [-0.05, 0) is 43.7 Å². The molecule has 3 fully saturated rings. The van der Waals surface area contributed by atoms with Crippen LogP contribution in [0.5, 0.6) is 0 Å². The Morgan fingerprint density at radius 2 is 1.88 bits per heavy atom. The topological polar surface area (TPSA) is 88.8 Å². The number of aryl methyl sites for hydroxylation is 1. The molecular weight excluding hydrogens is 447 g/mol. The Balaban J connectivity index is 1.40. The number of halogens is 3. The molecule has 2 bridgehead atoms. The Morgan fingerprint density at radius 3 is 2.53 bits per heavy atom. The first-order chi connectivity index (χ1) is 16.2. The molecular formula is C23H24F3N7O. The van der Waals surface area contributed by atoms with Crippen molar-refractivity contribution in [2.45, 2.75) is 44.9 Å². The van der Waals surface area contributed by atoms with Crippen molar-refractivity contribution in [3.05, 3.63) is 59.8 Å². The summed E-state index contributed by atoms with van der Waals surface area (Å²) in [5.41, 5.74) is 1.04. The minimum Gasteiger partial charge on any atom is -0.367 e. The molecule has 1 amide bonds. The van der Waals surface area contributed by atoms with Crippen molar-refractivity contribution >= 4 is 11.7 Å². The lowest BCUT2D eigenvalue weighted by atomic mass is 9.64.